The summed E-state index contributed by atoms with van der Waals surface area (Å²) in [7, 11) is 0. The standard InChI is InChI=1S/C27H42N8O7S/c28-35-31-18-20-5-6-21(17-30-20)32-25(37)7-9-39-11-13-41-15-16-42-14-12-40-10-8-29-24(36)4-2-1-3-23-26-22(19-43-23)33-27(38)34-26/h5-6,17,22-23,26H,1-4,7-16,18-19H2,(H,29,36)(H,32,37)(H2,33,34,38). The van der Waals surface area contributed by atoms with Crippen LogP contribution in [0, 0.1) is 0 Å². The van der Waals surface area contributed by atoms with Crippen LogP contribution in [0.15, 0.2) is 23.4 Å². The number of nitrogens with one attached hydrogen (secondary N) is 4. The number of ether oxygens (including phenoxy) is 4. The Morgan fingerprint density at radius 3 is 2.40 bits per heavy atom. The van der Waals surface area contributed by atoms with Crippen LogP contribution in [-0.4, -0.2) is 105 Å². The van der Waals surface area contributed by atoms with Gasteiger partial charge in [0.1, 0.15) is 0 Å². The molecule has 2 saturated heterocycles. The summed E-state index contributed by atoms with van der Waals surface area (Å²) in [6, 6.07) is 3.77. The number of anilines is 1. The molecule has 3 rings (SSSR count). The fraction of sp³-hybridized carbons (Fsp3) is 0.704. The average molecular weight is 623 g/mol. The number of carbonyl (C=O) groups excluding carboxylic acids is 3. The van der Waals surface area contributed by atoms with Crippen LogP contribution in [0.2, 0.25) is 0 Å². The molecule has 0 saturated carbocycles. The predicted molar refractivity (Wildman–Crippen MR) is 161 cm³/mol. The maximum atomic E-state index is 12.0. The lowest BCUT2D eigenvalue weighted by atomic mass is 10.0. The van der Waals surface area contributed by atoms with E-state index in [9.17, 15) is 14.4 Å². The summed E-state index contributed by atoms with van der Waals surface area (Å²) in [4.78, 5) is 42.2. The zero-order valence-electron chi connectivity index (χ0n) is 24.3. The van der Waals surface area contributed by atoms with Gasteiger partial charge in [-0.3, -0.25) is 14.6 Å². The number of aromatic nitrogens is 1. The number of hydrogen-bond acceptors (Lipinski definition) is 10. The zero-order valence-corrected chi connectivity index (χ0v) is 25.1. The molecule has 15 nitrogen and oxygen atoms in total. The van der Waals surface area contributed by atoms with E-state index in [2.05, 4.69) is 36.3 Å². The van der Waals surface area contributed by atoms with Crippen molar-refractivity contribution >= 4 is 35.3 Å². The minimum absolute atomic E-state index is 0.0288. The van der Waals surface area contributed by atoms with Crippen LogP contribution in [0.4, 0.5) is 10.5 Å². The summed E-state index contributed by atoms with van der Waals surface area (Å²) in [5, 5.41) is 15.4. The molecule has 238 valence electrons. The first-order valence-electron chi connectivity index (χ1n) is 14.6. The number of urea groups is 1. The van der Waals surface area contributed by atoms with Crippen LogP contribution in [-0.2, 0) is 35.1 Å². The quantitative estimate of drug-likeness (QED) is 0.0464. The molecular formula is C27H42N8O7S. The number of azide groups is 1. The molecule has 0 spiro atoms. The van der Waals surface area contributed by atoms with Gasteiger partial charge < -0.3 is 40.2 Å². The monoisotopic (exact) mass is 622 g/mol. The maximum absolute atomic E-state index is 12.0. The maximum Gasteiger partial charge on any atom is 0.315 e. The van der Waals surface area contributed by atoms with Gasteiger partial charge in [0, 0.05) is 34.6 Å². The van der Waals surface area contributed by atoms with Gasteiger partial charge in [-0.15, -0.1) is 0 Å². The van der Waals surface area contributed by atoms with Crippen LogP contribution in [0.25, 0.3) is 10.4 Å². The molecule has 0 bridgehead atoms. The Morgan fingerprint density at radius 1 is 0.977 bits per heavy atom. The van der Waals surface area contributed by atoms with Crippen molar-refractivity contribution in [3.63, 3.8) is 0 Å². The highest BCUT2D eigenvalue weighted by Gasteiger charge is 2.42. The number of unbranched alkanes of at least 4 members (excludes halogenated alkanes) is 1. The Bertz CT molecular complexity index is 1040. The van der Waals surface area contributed by atoms with Crippen molar-refractivity contribution in [3.05, 3.63) is 34.5 Å². The predicted octanol–water partition coefficient (Wildman–Crippen LogP) is 2.13. The van der Waals surface area contributed by atoms with Gasteiger partial charge in [-0.05, 0) is 30.5 Å². The second-order valence-electron chi connectivity index (χ2n) is 9.89. The number of thioether (sulfide) groups is 1. The minimum atomic E-state index is -0.188. The Labute approximate surface area is 255 Å². The second kappa shape index (κ2) is 20.7. The highest BCUT2D eigenvalue weighted by molar-refractivity contribution is 8.00. The molecule has 16 heteroatoms. The minimum Gasteiger partial charge on any atom is -0.379 e. The van der Waals surface area contributed by atoms with Crippen LogP contribution < -0.4 is 21.3 Å². The average Bonchev–Trinajstić information content (AvgIpc) is 3.56. The number of fused-ring (bicyclic) bond motifs is 1. The number of rotatable bonds is 23. The van der Waals surface area contributed by atoms with E-state index in [1.54, 1.807) is 12.1 Å². The van der Waals surface area contributed by atoms with E-state index in [-0.39, 0.29) is 49.5 Å². The van der Waals surface area contributed by atoms with Crippen molar-refractivity contribution in [2.75, 3.05) is 70.5 Å². The molecule has 4 amide bonds. The van der Waals surface area contributed by atoms with Gasteiger partial charge in [-0.1, -0.05) is 11.5 Å². The summed E-state index contributed by atoms with van der Waals surface area (Å²) in [5.74, 6) is 0.793. The van der Waals surface area contributed by atoms with Crippen molar-refractivity contribution in [2.45, 2.75) is 56.0 Å². The van der Waals surface area contributed by atoms with Crippen molar-refractivity contribution < 1.29 is 33.3 Å². The van der Waals surface area contributed by atoms with Crippen molar-refractivity contribution in [1.82, 2.24) is 20.9 Å². The van der Waals surface area contributed by atoms with E-state index in [0.29, 0.717) is 75.8 Å². The lowest BCUT2D eigenvalue weighted by molar-refractivity contribution is -0.121. The molecule has 1 aromatic rings. The molecule has 2 aliphatic heterocycles. The molecular weight excluding hydrogens is 580 g/mol. The molecule has 0 aromatic carbocycles. The summed E-state index contributed by atoms with van der Waals surface area (Å²) in [6.45, 7) is 3.82. The number of nitrogens with zero attached hydrogens (tertiary/aromatic N) is 4. The lowest BCUT2D eigenvalue weighted by Crippen LogP contribution is -2.36. The molecule has 3 heterocycles. The third-order valence-corrected chi connectivity index (χ3v) is 8.15. The Kier molecular flexibility index (Phi) is 16.5. The molecule has 3 unspecified atom stereocenters. The van der Waals surface area contributed by atoms with Gasteiger partial charge in [0.15, 0.2) is 0 Å². The first-order chi connectivity index (χ1) is 21.0. The summed E-state index contributed by atoms with van der Waals surface area (Å²) >= 11 is 1.89. The normalized spacial score (nSPS) is 18.8. The van der Waals surface area contributed by atoms with Crippen molar-refractivity contribution in [2.24, 2.45) is 5.11 Å². The Hall–Kier alpha value is -3.14. The van der Waals surface area contributed by atoms with Gasteiger partial charge in [-0.2, -0.15) is 11.8 Å². The topological polar surface area (TPSA) is 198 Å². The van der Waals surface area contributed by atoms with Gasteiger partial charge in [0.05, 0.1) is 89.8 Å². The van der Waals surface area contributed by atoms with Crippen LogP contribution in [0.3, 0.4) is 0 Å². The summed E-state index contributed by atoms with van der Waals surface area (Å²) < 4.78 is 21.8. The molecule has 0 aliphatic carbocycles. The van der Waals surface area contributed by atoms with E-state index in [1.165, 1.54) is 6.20 Å². The highest BCUT2D eigenvalue weighted by atomic mass is 32.2. The number of pyridine rings is 1. The third kappa shape index (κ3) is 14.3. The van der Waals surface area contributed by atoms with E-state index in [1.807, 2.05) is 11.8 Å². The fourth-order valence-electron chi connectivity index (χ4n) is 4.47. The van der Waals surface area contributed by atoms with E-state index < -0.39 is 0 Å². The number of amides is 4. The van der Waals surface area contributed by atoms with E-state index in [4.69, 9.17) is 24.5 Å². The first-order valence-corrected chi connectivity index (χ1v) is 15.6. The second-order valence-corrected chi connectivity index (χ2v) is 11.2. The first kappa shape index (κ1) is 34.4. The van der Waals surface area contributed by atoms with Crippen molar-refractivity contribution in [1.29, 1.82) is 0 Å². The molecule has 2 aliphatic rings. The zero-order chi connectivity index (χ0) is 30.5. The molecule has 3 atom stereocenters. The molecule has 43 heavy (non-hydrogen) atoms. The largest absolute Gasteiger partial charge is 0.379 e. The number of hydrogen-bond donors (Lipinski definition) is 4. The van der Waals surface area contributed by atoms with Crippen LogP contribution >= 0.6 is 11.8 Å². The molecule has 2 fully saturated rings. The third-order valence-electron chi connectivity index (χ3n) is 6.64. The van der Waals surface area contributed by atoms with Gasteiger partial charge >= 0.3 is 6.03 Å². The molecule has 4 N–H and O–H groups in total. The van der Waals surface area contributed by atoms with Gasteiger partial charge in [0.25, 0.3) is 0 Å². The highest BCUT2D eigenvalue weighted by Crippen LogP contribution is 2.33. The SMILES string of the molecule is [N-]=[N+]=NCc1ccc(NC(=O)CCOCCOCCOCCOCCNC(=O)CCCCC2SCC3NC(=O)NC32)cn1. The van der Waals surface area contributed by atoms with Crippen LogP contribution in [0.5, 0.6) is 0 Å². The van der Waals surface area contributed by atoms with Gasteiger partial charge in [-0.25, -0.2) is 4.79 Å². The van der Waals surface area contributed by atoms with Crippen molar-refractivity contribution in [3.8, 4) is 0 Å². The van der Waals surface area contributed by atoms with E-state index >= 15 is 0 Å². The Balaban J connectivity index is 1.02. The smallest absolute Gasteiger partial charge is 0.315 e. The van der Waals surface area contributed by atoms with Gasteiger partial charge in [0.2, 0.25) is 11.8 Å². The fourth-order valence-corrected chi connectivity index (χ4v) is 6.01. The molecule has 0 radical (unpaired) electrons. The van der Waals surface area contributed by atoms with Crippen LogP contribution in [0.1, 0.15) is 37.8 Å². The lowest BCUT2D eigenvalue weighted by Gasteiger charge is -2.16. The van der Waals surface area contributed by atoms with E-state index in [0.717, 1.165) is 25.0 Å². The summed E-state index contributed by atoms with van der Waals surface area (Å²) in [6.07, 6.45) is 5.01. The summed E-state index contributed by atoms with van der Waals surface area (Å²) in [5.41, 5.74) is 9.50. The molecule has 1 aromatic heterocycles. The number of carbonyl (C=O) groups is 3. The Morgan fingerprint density at radius 2 is 1.70 bits per heavy atom.